The third-order valence-corrected chi connectivity index (χ3v) is 3.83. The molecule has 1 amide bonds. The average Bonchev–Trinajstić information content (AvgIpc) is 3.01. The minimum absolute atomic E-state index is 0.219. The fourth-order valence-corrected chi connectivity index (χ4v) is 2.58. The van der Waals surface area contributed by atoms with Gasteiger partial charge in [-0.1, -0.05) is 13.0 Å². The van der Waals surface area contributed by atoms with Gasteiger partial charge in [-0.25, -0.2) is 14.6 Å². The molecule has 0 atom stereocenters. The summed E-state index contributed by atoms with van der Waals surface area (Å²) in [7, 11) is 0. The fraction of sp³-hybridized carbons (Fsp3) is 0.176. The van der Waals surface area contributed by atoms with E-state index in [9.17, 15) is 4.79 Å². The first-order valence-corrected chi connectivity index (χ1v) is 8.31. The highest BCUT2D eigenvalue weighted by molar-refractivity contribution is 9.10. The molecule has 1 N–H and O–H groups in total. The molecule has 0 fully saturated rings. The smallest absolute Gasteiger partial charge is 0.256 e. The van der Waals surface area contributed by atoms with Crippen LogP contribution in [0.5, 0.6) is 0 Å². The Balaban J connectivity index is 1.84. The van der Waals surface area contributed by atoms with Gasteiger partial charge in [0.25, 0.3) is 5.91 Å². The molecule has 0 bridgehead atoms. The van der Waals surface area contributed by atoms with Gasteiger partial charge < -0.3 is 5.32 Å². The quantitative estimate of drug-likeness (QED) is 0.745. The maximum atomic E-state index is 12.5. The van der Waals surface area contributed by atoms with Gasteiger partial charge in [0.1, 0.15) is 11.6 Å². The lowest BCUT2D eigenvalue weighted by Gasteiger charge is -2.08. The Kier molecular flexibility index (Phi) is 4.71. The Morgan fingerprint density at radius 2 is 2.12 bits per heavy atom. The predicted octanol–water partition coefficient (Wildman–Crippen LogP) is 3.55. The molecule has 3 rings (SSSR count). The lowest BCUT2D eigenvalue weighted by atomic mass is 10.2. The number of carbonyl (C=O) groups excluding carboxylic acids is 1. The molecule has 6 nitrogen and oxygen atoms in total. The van der Waals surface area contributed by atoms with Crippen LogP contribution in [0.3, 0.4) is 0 Å². The van der Waals surface area contributed by atoms with Crippen molar-refractivity contribution in [3.8, 4) is 5.69 Å². The molecule has 0 unspecified atom stereocenters. The Morgan fingerprint density at radius 3 is 2.83 bits per heavy atom. The summed E-state index contributed by atoms with van der Waals surface area (Å²) in [6, 6.07) is 9.04. The number of rotatable bonds is 4. The third kappa shape index (κ3) is 3.68. The standard InChI is InChI=1S/C17H16BrN5O/c1-3-14-8-16(21-11(2)20-14)22-17(24)12-5-4-6-15(7-12)23-10-13(18)9-19-23/h4-10H,3H2,1-2H3,(H,20,21,22,24). The zero-order valence-electron chi connectivity index (χ0n) is 13.3. The maximum absolute atomic E-state index is 12.5. The number of hydrogen-bond donors (Lipinski definition) is 1. The summed E-state index contributed by atoms with van der Waals surface area (Å²) in [6.45, 7) is 3.82. The van der Waals surface area contributed by atoms with Crippen LogP contribution in [0.2, 0.25) is 0 Å². The van der Waals surface area contributed by atoms with Gasteiger partial charge in [0.2, 0.25) is 0 Å². The van der Waals surface area contributed by atoms with Crippen molar-refractivity contribution in [2.45, 2.75) is 20.3 Å². The molecular formula is C17H16BrN5O. The largest absolute Gasteiger partial charge is 0.306 e. The van der Waals surface area contributed by atoms with E-state index in [2.05, 4.69) is 36.3 Å². The predicted molar refractivity (Wildman–Crippen MR) is 95.4 cm³/mol. The number of nitrogens with zero attached hydrogens (tertiary/aromatic N) is 4. The minimum Gasteiger partial charge on any atom is -0.306 e. The van der Waals surface area contributed by atoms with E-state index in [0.717, 1.165) is 22.3 Å². The summed E-state index contributed by atoms with van der Waals surface area (Å²) in [5.74, 6) is 0.930. The minimum atomic E-state index is -0.219. The van der Waals surface area contributed by atoms with E-state index in [1.54, 1.807) is 29.1 Å². The molecule has 2 heterocycles. The molecule has 0 aliphatic rings. The number of carbonyl (C=O) groups is 1. The van der Waals surface area contributed by atoms with Gasteiger partial charge in [0, 0.05) is 23.5 Å². The molecule has 0 saturated carbocycles. The summed E-state index contributed by atoms with van der Waals surface area (Å²) < 4.78 is 2.58. The van der Waals surface area contributed by atoms with E-state index in [1.165, 1.54) is 0 Å². The van der Waals surface area contributed by atoms with Gasteiger partial charge in [-0.05, 0) is 47.5 Å². The van der Waals surface area contributed by atoms with Crippen LogP contribution in [0, 0.1) is 6.92 Å². The summed E-state index contributed by atoms with van der Waals surface area (Å²) >= 11 is 3.36. The molecule has 3 aromatic rings. The molecule has 0 aliphatic heterocycles. The van der Waals surface area contributed by atoms with E-state index in [0.29, 0.717) is 17.2 Å². The molecule has 2 aromatic heterocycles. The molecule has 0 aliphatic carbocycles. The Labute approximate surface area is 148 Å². The lowest BCUT2D eigenvalue weighted by Crippen LogP contribution is -2.14. The molecule has 0 saturated heterocycles. The number of anilines is 1. The Bertz CT molecular complexity index is 890. The van der Waals surface area contributed by atoms with Crippen LogP contribution in [-0.2, 0) is 6.42 Å². The van der Waals surface area contributed by atoms with Crippen molar-refractivity contribution < 1.29 is 4.79 Å². The summed E-state index contributed by atoms with van der Waals surface area (Å²) in [6.07, 6.45) is 4.32. The summed E-state index contributed by atoms with van der Waals surface area (Å²) in [5, 5.41) is 7.05. The number of aryl methyl sites for hydroxylation is 2. The van der Waals surface area contributed by atoms with Crippen molar-refractivity contribution in [1.29, 1.82) is 0 Å². The first kappa shape index (κ1) is 16.3. The molecule has 24 heavy (non-hydrogen) atoms. The van der Waals surface area contributed by atoms with Crippen molar-refractivity contribution in [2.75, 3.05) is 5.32 Å². The van der Waals surface area contributed by atoms with E-state index in [4.69, 9.17) is 0 Å². The van der Waals surface area contributed by atoms with E-state index < -0.39 is 0 Å². The second-order valence-electron chi connectivity index (χ2n) is 5.25. The highest BCUT2D eigenvalue weighted by Gasteiger charge is 2.10. The van der Waals surface area contributed by atoms with E-state index in [-0.39, 0.29) is 5.91 Å². The SMILES string of the molecule is CCc1cc(NC(=O)c2cccc(-n3cc(Br)cn3)c2)nc(C)n1. The van der Waals surface area contributed by atoms with Crippen molar-refractivity contribution in [3.63, 3.8) is 0 Å². The molecule has 1 aromatic carbocycles. The molecule has 7 heteroatoms. The van der Waals surface area contributed by atoms with Crippen molar-refractivity contribution in [3.05, 3.63) is 64.3 Å². The number of halogens is 1. The molecule has 0 radical (unpaired) electrons. The van der Waals surface area contributed by atoms with Crippen LogP contribution in [0.15, 0.2) is 47.2 Å². The number of hydrogen-bond acceptors (Lipinski definition) is 4. The topological polar surface area (TPSA) is 72.7 Å². The second kappa shape index (κ2) is 6.92. The van der Waals surface area contributed by atoms with Crippen LogP contribution in [0.4, 0.5) is 5.82 Å². The van der Waals surface area contributed by atoms with Gasteiger partial charge in [-0.15, -0.1) is 0 Å². The van der Waals surface area contributed by atoms with Crippen LogP contribution >= 0.6 is 15.9 Å². The maximum Gasteiger partial charge on any atom is 0.256 e. The second-order valence-corrected chi connectivity index (χ2v) is 6.17. The van der Waals surface area contributed by atoms with Crippen molar-refractivity contribution in [2.24, 2.45) is 0 Å². The number of nitrogens with one attached hydrogen (secondary N) is 1. The van der Waals surface area contributed by atoms with Crippen LogP contribution in [0.25, 0.3) is 5.69 Å². The Morgan fingerprint density at radius 1 is 1.29 bits per heavy atom. The molecule has 0 spiro atoms. The first-order valence-electron chi connectivity index (χ1n) is 7.51. The van der Waals surface area contributed by atoms with Gasteiger partial charge in [0.15, 0.2) is 0 Å². The lowest BCUT2D eigenvalue weighted by molar-refractivity contribution is 0.102. The Hall–Kier alpha value is -2.54. The van der Waals surface area contributed by atoms with Crippen LogP contribution < -0.4 is 5.32 Å². The van der Waals surface area contributed by atoms with Gasteiger partial charge in [-0.2, -0.15) is 5.10 Å². The van der Waals surface area contributed by atoms with Gasteiger partial charge in [-0.3, -0.25) is 4.79 Å². The summed E-state index contributed by atoms with van der Waals surface area (Å²) in [5.41, 5.74) is 2.24. The third-order valence-electron chi connectivity index (χ3n) is 3.42. The molecular weight excluding hydrogens is 370 g/mol. The van der Waals surface area contributed by atoms with Crippen LogP contribution in [-0.4, -0.2) is 25.7 Å². The number of aromatic nitrogens is 4. The zero-order valence-corrected chi connectivity index (χ0v) is 14.9. The highest BCUT2D eigenvalue weighted by atomic mass is 79.9. The van der Waals surface area contributed by atoms with E-state index in [1.807, 2.05) is 32.2 Å². The van der Waals surface area contributed by atoms with E-state index >= 15 is 0 Å². The fourth-order valence-electron chi connectivity index (χ4n) is 2.29. The average molecular weight is 386 g/mol. The zero-order chi connectivity index (χ0) is 17.1. The van der Waals surface area contributed by atoms with Crippen LogP contribution in [0.1, 0.15) is 28.8 Å². The summed E-state index contributed by atoms with van der Waals surface area (Å²) in [4.78, 5) is 21.1. The van der Waals surface area contributed by atoms with Crippen molar-refractivity contribution in [1.82, 2.24) is 19.7 Å². The number of amides is 1. The number of benzene rings is 1. The normalized spacial score (nSPS) is 10.6. The van der Waals surface area contributed by atoms with Crippen molar-refractivity contribution >= 4 is 27.7 Å². The monoisotopic (exact) mass is 385 g/mol. The highest BCUT2D eigenvalue weighted by Crippen LogP contribution is 2.15. The first-order chi connectivity index (χ1) is 11.5. The van der Waals surface area contributed by atoms with Gasteiger partial charge in [0.05, 0.1) is 16.4 Å². The molecule has 122 valence electrons. The van der Waals surface area contributed by atoms with Gasteiger partial charge >= 0.3 is 0 Å².